The monoisotopic (exact) mass is 318 g/mol. The summed E-state index contributed by atoms with van der Waals surface area (Å²) in [5.74, 6) is 0. The number of hydrogen-bond acceptors (Lipinski definition) is 0. The van der Waals surface area contributed by atoms with Gasteiger partial charge in [0.15, 0.2) is 0 Å². The van der Waals surface area contributed by atoms with Crippen LogP contribution in [0.25, 0.3) is 0 Å². The van der Waals surface area contributed by atoms with E-state index >= 15 is 0 Å². The first-order valence-electron chi connectivity index (χ1n) is 9.43. The summed E-state index contributed by atoms with van der Waals surface area (Å²) in [7, 11) is -1.28. The summed E-state index contributed by atoms with van der Waals surface area (Å²) in [6, 6.07) is 16.0. The van der Waals surface area contributed by atoms with E-state index in [1.165, 1.54) is 43.8 Å². The molecule has 1 aromatic carbocycles. The molecule has 0 aliphatic carbocycles. The second-order valence-corrected chi connectivity index (χ2v) is 13.3. The standard InChI is InChI=1S/C21H38Si/c1-7-15-22(16-8-2,17-9-3)20(18-21(4,5)6)19-13-11-10-12-14-19/h10-14,20H,7-9,15-18H2,1-6H3. The third-order valence-corrected chi connectivity index (χ3v) is 11.5. The molecule has 0 nitrogen and oxygen atoms in total. The largest absolute Gasteiger partial charge is 0.0656 e. The minimum Gasteiger partial charge on any atom is -0.0656 e. The summed E-state index contributed by atoms with van der Waals surface area (Å²) < 4.78 is 0. The predicted octanol–water partition coefficient (Wildman–Crippen LogP) is 7.42. The average molecular weight is 319 g/mol. The van der Waals surface area contributed by atoms with Gasteiger partial charge in [0.05, 0.1) is 8.07 Å². The van der Waals surface area contributed by atoms with Crippen molar-refractivity contribution in [1.82, 2.24) is 0 Å². The van der Waals surface area contributed by atoms with E-state index in [0.29, 0.717) is 5.41 Å². The van der Waals surface area contributed by atoms with Gasteiger partial charge in [-0.05, 0) is 22.9 Å². The van der Waals surface area contributed by atoms with Gasteiger partial charge < -0.3 is 0 Å². The molecule has 1 atom stereocenters. The highest BCUT2D eigenvalue weighted by Gasteiger charge is 2.40. The van der Waals surface area contributed by atoms with Crippen LogP contribution in [0, 0.1) is 5.41 Å². The highest BCUT2D eigenvalue weighted by atomic mass is 28.3. The van der Waals surface area contributed by atoms with Crippen LogP contribution >= 0.6 is 0 Å². The Labute approximate surface area is 140 Å². The summed E-state index contributed by atoms with van der Waals surface area (Å²) in [4.78, 5) is 0. The van der Waals surface area contributed by atoms with Crippen molar-refractivity contribution < 1.29 is 0 Å². The lowest BCUT2D eigenvalue weighted by Crippen LogP contribution is -2.43. The van der Waals surface area contributed by atoms with Gasteiger partial charge in [-0.25, -0.2) is 0 Å². The Kier molecular flexibility index (Phi) is 7.89. The zero-order chi connectivity index (χ0) is 16.6. The summed E-state index contributed by atoms with van der Waals surface area (Å²) in [5, 5.41) is 0. The summed E-state index contributed by atoms with van der Waals surface area (Å²) in [6.07, 6.45) is 5.43. The fraction of sp³-hybridized carbons (Fsp3) is 0.714. The van der Waals surface area contributed by atoms with E-state index in [0.717, 1.165) is 5.54 Å². The molecule has 0 bridgehead atoms. The quantitative estimate of drug-likeness (QED) is 0.415. The minimum absolute atomic E-state index is 0.411. The Morgan fingerprint density at radius 2 is 1.27 bits per heavy atom. The van der Waals surface area contributed by atoms with Crippen LogP contribution < -0.4 is 0 Å². The van der Waals surface area contributed by atoms with Gasteiger partial charge in [-0.1, -0.05) is 109 Å². The first kappa shape index (κ1) is 19.5. The zero-order valence-corrected chi connectivity index (χ0v) is 16.9. The van der Waals surface area contributed by atoms with Crippen molar-refractivity contribution in [3.05, 3.63) is 35.9 Å². The smallest absolute Gasteiger partial charge is 0.0612 e. The van der Waals surface area contributed by atoms with E-state index in [1.54, 1.807) is 5.56 Å². The van der Waals surface area contributed by atoms with Gasteiger partial charge in [-0.3, -0.25) is 0 Å². The molecule has 0 aliphatic rings. The Morgan fingerprint density at radius 1 is 0.818 bits per heavy atom. The molecule has 1 rings (SSSR count). The molecular formula is C21H38Si. The van der Waals surface area contributed by atoms with E-state index in [2.05, 4.69) is 71.9 Å². The van der Waals surface area contributed by atoms with Crippen molar-refractivity contribution in [3.63, 3.8) is 0 Å². The highest BCUT2D eigenvalue weighted by molar-refractivity contribution is 6.81. The summed E-state index contributed by atoms with van der Waals surface area (Å²) >= 11 is 0. The van der Waals surface area contributed by atoms with Gasteiger partial charge in [0.2, 0.25) is 0 Å². The molecule has 1 aromatic rings. The van der Waals surface area contributed by atoms with Gasteiger partial charge in [0.25, 0.3) is 0 Å². The third kappa shape index (κ3) is 5.57. The molecule has 0 aliphatic heterocycles. The molecule has 0 saturated carbocycles. The molecule has 126 valence electrons. The van der Waals surface area contributed by atoms with E-state index in [9.17, 15) is 0 Å². The first-order valence-corrected chi connectivity index (χ1v) is 12.1. The zero-order valence-electron chi connectivity index (χ0n) is 15.9. The van der Waals surface area contributed by atoms with Crippen LogP contribution in [0.15, 0.2) is 30.3 Å². The molecule has 0 spiro atoms. The first-order chi connectivity index (χ1) is 10.4. The van der Waals surface area contributed by atoms with Crippen molar-refractivity contribution in [1.29, 1.82) is 0 Å². The molecule has 0 fully saturated rings. The molecule has 22 heavy (non-hydrogen) atoms. The second-order valence-electron chi connectivity index (χ2n) is 8.34. The van der Waals surface area contributed by atoms with E-state index in [4.69, 9.17) is 0 Å². The van der Waals surface area contributed by atoms with Crippen molar-refractivity contribution in [3.8, 4) is 0 Å². The van der Waals surface area contributed by atoms with E-state index in [-0.39, 0.29) is 0 Å². The molecule has 0 N–H and O–H groups in total. The second kappa shape index (κ2) is 8.91. The van der Waals surface area contributed by atoms with Crippen molar-refractivity contribution in [2.24, 2.45) is 5.41 Å². The van der Waals surface area contributed by atoms with Crippen molar-refractivity contribution in [2.75, 3.05) is 0 Å². The maximum absolute atomic E-state index is 2.42. The Balaban J connectivity index is 3.28. The van der Waals surface area contributed by atoms with Crippen molar-refractivity contribution in [2.45, 2.75) is 90.9 Å². The lowest BCUT2D eigenvalue weighted by atomic mass is 9.88. The van der Waals surface area contributed by atoms with Crippen LogP contribution in [-0.2, 0) is 0 Å². The molecule has 0 aromatic heterocycles. The lowest BCUT2D eigenvalue weighted by molar-refractivity contribution is 0.366. The van der Waals surface area contributed by atoms with E-state index < -0.39 is 8.07 Å². The molecule has 1 heteroatoms. The summed E-state index contributed by atoms with van der Waals surface area (Å²) in [5.41, 5.74) is 2.86. The molecule has 1 unspecified atom stereocenters. The topological polar surface area (TPSA) is 0 Å². The SMILES string of the molecule is CCC[Si](CCC)(CCC)C(CC(C)(C)C)c1ccccc1. The fourth-order valence-electron chi connectivity index (χ4n) is 4.38. The van der Waals surface area contributed by atoms with Gasteiger partial charge in [0, 0.05) is 0 Å². The van der Waals surface area contributed by atoms with Crippen LogP contribution in [0.1, 0.15) is 78.3 Å². The lowest BCUT2D eigenvalue weighted by Gasteiger charge is -2.42. The Bertz CT molecular complexity index is 385. The molecule has 0 radical (unpaired) electrons. The minimum atomic E-state index is -1.28. The number of benzene rings is 1. The number of rotatable bonds is 9. The van der Waals surface area contributed by atoms with Gasteiger partial charge in [-0.15, -0.1) is 0 Å². The maximum atomic E-state index is 2.42. The predicted molar refractivity (Wildman–Crippen MR) is 104 cm³/mol. The summed E-state index contributed by atoms with van der Waals surface area (Å²) in [6.45, 7) is 14.5. The Hall–Kier alpha value is -0.563. The molecule has 0 heterocycles. The normalized spacial score (nSPS) is 14.1. The van der Waals surface area contributed by atoms with Crippen molar-refractivity contribution >= 4 is 8.07 Å². The van der Waals surface area contributed by atoms with Crippen LogP contribution in [0.4, 0.5) is 0 Å². The van der Waals surface area contributed by atoms with Crippen LogP contribution in [0.2, 0.25) is 18.1 Å². The molecular weight excluding hydrogens is 280 g/mol. The maximum Gasteiger partial charge on any atom is 0.0612 e. The number of hydrogen-bond donors (Lipinski definition) is 0. The fourth-order valence-corrected chi connectivity index (χ4v) is 11.1. The Morgan fingerprint density at radius 3 is 1.64 bits per heavy atom. The van der Waals surface area contributed by atoms with Gasteiger partial charge in [0.1, 0.15) is 0 Å². The van der Waals surface area contributed by atoms with E-state index in [1.807, 2.05) is 0 Å². The van der Waals surface area contributed by atoms with Gasteiger partial charge in [-0.2, -0.15) is 0 Å². The molecule has 0 saturated heterocycles. The van der Waals surface area contributed by atoms with Crippen LogP contribution in [-0.4, -0.2) is 8.07 Å². The van der Waals surface area contributed by atoms with Gasteiger partial charge >= 0.3 is 0 Å². The van der Waals surface area contributed by atoms with Crippen LogP contribution in [0.3, 0.4) is 0 Å². The highest BCUT2D eigenvalue weighted by Crippen LogP contribution is 2.45. The molecule has 0 amide bonds. The van der Waals surface area contributed by atoms with Crippen LogP contribution in [0.5, 0.6) is 0 Å². The average Bonchev–Trinajstić information content (AvgIpc) is 2.45. The third-order valence-electron chi connectivity index (χ3n) is 5.00.